The number of rotatable bonds is 2. The maximum atomic E-state index is 5.51. The second kappa shape index (κ2) is 3.67. The van der Waals surface area contributed by atoms with Crippen LogP contribution in [-0.2, 0) is 0 Å². The molecule has 3 aromatic rings. The second-order valence-corrected chi connectivity index (χ2v) is 3.16. The van der Waals surface area contributed by atoms with Crippen LogP contribution in [0.3, 0.4) is 0 Å². The van der Waals surface area contributed by atoms with Crippen molar-refractivity contribution in [3.8, 4) is 23.0 Å². The van der Waals surface area contributed by atoms with E-state index in [2.05, 4.69) is 30.1 Å². The Kier molecular flexibility index (Phi) is 2.04. The molecule has 3 heterocycles. The van der Waals surface area contributed by atoms with Crippen LogP contribution in [0.1, 0.15) is 0 Å². The number of hydrogen-bond acceptors (Lipinski definition) is 8. The van der Waals surface area contributed by atoms with Crippen molar-refractivity contribution < 1.29 is 9.15 Å². The van der Waals surface area contributed by atoms with Crippen molar-refractivity contribution >= 4 is 5.82 Å². The fourth-order valence-electron chi connectivity index (χ4n) is 1.28. The average molecular weight is 230 g/mol. The Morgan fingerprint density at radius 3 is 2.82 bits per heavy atom. The zero-order valence-electron chi connectivity index (χ0n) is 8.44. The summed E-state index contributed by atoms with van der Waals surface area (Å²) in [5, 5.41) is 10.8. The van der Waals surface area contributed by atoms with Gasteiger partial charge in [0.1, 0.15) is 0 Å². The van der Waals surface area contributed by atoms with E-state index in [1.165, 1.54) is 0 Å². The van der Waals surface area contributed by atoms with Crippen LogP contribution in [0.15, 0.2) is 33.7 Å². The highest BCUT2D eigenvalue weighted by atomic mass is 16.6. The van der Waals surface area contributed by atoms with Gasteiger partial charge in [-0.2, -0.15) is 4.98 Å². The molecule has 17 heavy (non-hydrogen) atoms. The summed E-state index contributed by atoms with van der Waals surface area (Å²) < 4.78 is 9.46. The molecule has 3 aromatic heterocycles. The Bertz CT molecular complexity index is 632. The Morgan fingerprint density at radius 2 is 2.12 bits per heavy atom. The van der Waals surface area contributed by atoms with E-state index < -0.39 is 0 Å². The van der Waals surface area contributed by atoms with Gasteiger partial charge in [-0.15, -0.1) is 0 Å². The molecule has 0 aliphatic carbocycles. The number of anilines is 1. The van der Waals surface area contributed by atoms with Crippen molar-refractivity contribution in [3.05, 3.63) is 24.5 Å². The van der Waals surface area contributed by atoms with E-state index in [4.69, 9.17) is 10.3 Å². The first kappa shape index (κ1) is 9.46. The van der Waals surface area contributed by atoms with Crippen LogP contribution in [0.5, 0.6) is 0 Å². The smallest absolute Gasteiger partial charge is 0.284 e. The van der Waals surface area contributed by atoms with Crippen molar-refractivity contribution in [1.29, 1.82) is 0 Å². The SMILES string of the molecule is Nc1nonc1-c1nc(-c2cccnc2)no1. The molecule has 0 spiro atoms. The number of hydrogen-bond donors (Lipinski definition) is 1. The van der Waals surface area contributed by atoms with E-state index in [1.54, 1.807) is 18.5 Å². The first-order valence-electron chi connectivity index (χ1n) is 4.67. The highest BCUT2D eigenvalue weighted by Crippen LogP contribution is 2.22. The largest absolute Gasteiger partial charge is 0.379 e. The number of nitrogens with two attached hydrogens (primary N) is 1. The third-order valence-electron chi connectivity index (χ3n) is 2.06. The maximum Gasteiger partial charge on any atom is 0.284 e. The zero-order chi connectivity index (χ0) is 11.7. The first-order chi connectivity index (χ1) is 8.34. The molecule has 3 rings (SSSR count). The van der Waals surface area contributed by atoms with Crippen molar-refractivity contribution in [2.45, 2.75) is 0 Å². The number of pyridine rings is 1. The topological polar surface area (TPSA) is 117 Å². The highest BCUT2D eigenvalue weighted by Gasteiger charge is 2.17. The molecular weight excluding hydrogens is 224 g/mol. The molecule has 0 saturated heterocycles. The minimum atomic E-state index is 0.103. The third-order valence-corrected chi connectivity index (χ3v) is 2.06. The summed E-state index contributed by atoms with van der Waals surface area (Å²) in [5.41, 5.74) is 6.48. The van der Waals surface area contributed by atoms with Crippen LogP contribution in [0.2, 0.25) is 0 Å². The predicted octanol–water partition coefficient (Wildman–Crippen LogP) is 0.764. The van der Waals surface area contributed by atoms with Gasteiger partial charge in [-0.25, -0.2) is 4.63 Å². The van der Waals surface area contributed by atoms with Crippen molar-refractivity contribution in [2.24, 2.45) is 0 Å². The molecule has 0 aliphatic rings. The molecule has 0 atom stereocenters. The highest BCUT2D eigenvalue weighted by molar-refractivity contribution is 5.63. The monoisotopic (exact) mass is 230 g/mol. The van der Waals surface area contributed by atoms with Gasteiger partial charge in [-0.3, -0.25) is 4.98 Å². The lowest BCUT2D eigenvalue weighted by Gasteiger charge is -1.89. The van der Waals surface area contributed by atoms with Crippen molar-refractivity contribution in [3.63, 3.8) is 0 Å². The molecule has 8 heteroatoms. The van der Waals surface area contributed by atoms with Gasteiger partial charge in [0.05, 0.1) is 0 Å². The van der Waals surface area contributed by atoms with Crippen LogP contribution in [0, 0.1) is 0 Å². The van der Waals surface area contributed by atoms with Crippen LogP contribution in [-0.4, -0.2) is 25.4 Å². The van der Waals surface area contributed by atoms with E-state index in [0.717, 1.165) is 5.56 Å². The lowest BCUT2D eigenvalue weighted by Crippen LogP contribution is -1.88. The fourth-order valence-corrected chi connectivity index (χ4v) is 1.28. The summed E-state index contributed by atoms with van der Waals surface area (Å²) >= 11 is 0. The molecule has 84 valence electrons. The van der Waals surface area contributed by atoms with E-state index in [0.29, 0.717) is 5.82 Å². The van der Waals surface area contributed by atoms with Gasteiger partial charge in [-0.05, 0) is 22.4 Å². The number of nitrogens with zero attached hydrogens (tertiary/aromatic N) is 5. The molecule has 2 N–H and O–H groups in total. The molecule has 0 aliphatic heterocycles. The summed E-state index contributed by atoms with van der Waals surface area (Å²) in [6, 6.07) is 3.59. The van der Waals surface area contributed by atoms with E-state index >= 15 is 0 Å². The third kappa shape index (κ3) is 1.61. The Balaban J connectivity index is 2.02. The minimum absolute atomic E-state index is 0.103. The normalized spacial score (nSPS) is 10.6. The second-order valence-electron chi connectivity index (χ2n) is 3.16. The van der Waals surface area contributed by atoms with Crippen molar-refractivity contribution in [2.75, 3.05) is 5.73 Å². The lowest BCUT2D eigenvalue weighted by molar-refractivity contribution is 0.308. The van der Waals surface area contributed by atoms with Gasteiger partial charge < -0.3 is 10.3 Å². The Labute approximate surface area is 94.4 Å². The predicted molar refractivity (Wildman–Crippen MR) is 55.2 cm³/mol. The van der Waals surface area contributed by atoms with Crippen molar-refractivity contribution in [1.82, 2.24) is 25.4 Å². The van der Waals surface area contributed by atoms with Crippen LogP contribution in [0.25, 0.3) is 23.0 Å². The summed E-state index contributed by atoms with van der Waals surface area (Å²) in [4.78, 5) is 8.08. The van der Waals surface area contributed by atoms with Crippen LogP contribution >= 0.6 is 0 Å². The average Bonchev–Trinajstić information content (AvgIpc) is 2.98. The van der Waals surface area contributed by atoms with E-state index in [-0.39, 0.29) is 17.4 Å². The fraction of sp³-hybridized carbons (Fsp3) is 0. The Hall–Kier alpha value is -2.77. The van der Waals surface area contributed by atoms with Gasteiger partial charge in [0, 0.05) is 18.0 Å². The standard InChI is InChI=1S/C9H6N6O2/c10-7-6(13-17-14-7)9-12-8(15-16-9)5-2-1-3-11-4-5/h1-4H,(H2,10,14). The summed E-state index contributed by atoms with van der Waals surface area (Å²) in [6.45, 7) is 0. The lowest BCUT2D eigenvalue weighted by atomic mass is 10.3. The Morgan fingerprint density at radius 1 is 1.18 bits per heavy atom. The van der Waals surface area contributed by atoms with Crippen LogP contribution in [0.4, 0.5) is 5.82 Å². The zero-order valence-corrected chi connectivity index (χ0v) is 8.44. The minimum Gasteiger partial charge on any atom is -0.379 e. The molecule has 8 nitrogen and oxygen atoms in total. The van der Waals surface area contributed by atoms with Gasteiger partial charge in [0.15, 0.2) is 0 Å². The number of nitrogen functional groups attached to an aromatic ring is 1. The van der Waals surface area contributed by atoms with E-state index in [1.807, 2.05) is 6.07 Å². The molecule has 0 amide bonds. The summed E-state index contributed by atoms with van der Waals surface area (Å²) in [6.07, 6.45) is 3.28. The maximum absolute atomic E-state index is 5.51. The molecule has 0 saturated carbocycles. The molecule has 0 bridgehead atoms. The summed E-state index contributed by atoms with van der Waals surface area (Å²) in [7, 11) is 0. The first-order valence-corrected chi connectivity index (χ1v) is 4.67. The van der Waals surface area contributed by atoms with Gasteiger partial charge in [0.2, 0.25) is 17.3 Å². The van der Waals surface area contributed by atoms with Gasteiger partial charge >= 0.3 is 0 Å². The molecule has 0 unspecified atom stereocenters. The molecule has 0 aromatic carbocycles. The molecule has 0 radical (unpaired) electrons. The van der Waals surface area contributed by atoms with Crippen LogP contribution < -0.4 is 5.73 Å². The van der Waals surface area contributed by atoms with Gasteiger partial charge in [0.25, 0.3) is 5.89 Å². The number of aromatic nitrogens is 5. The van der Waals surface area contributed by atoms with Gasteiger partial charge in [-0.1, -0.05) is 5.16 Å². The summed E-state index contributed by atoms with van der Waals surface area (Å²) in [5.74, 6) is 0.657. The van der Waals surface area contributed by atoms with E-state index in [9.17, 15) is 0 Å². The molecular formula is C9H6N6O2. The molecule has 0 fully saturated rings. The quantitative estimate of drug-likeness (QED) is 0.685.